The lowest BCUT2D eigenvalue weighted by Gasteiger charge is -2.41. The van der Waals surface area contributed by atoms with Gasteiger partial charge in [-0.15, -0.1) is 13.2 Å². The molecule has 0 aliphatic carbocycles. The van der Waals surface area contributed by atoms with Gasteiger partial charge in [-0.25, -0.2) is 4.98 Å². The zero-order chi connectivity index (χ0) is 24.9. The average Bonchev–Trinajstić information content (AvgIpc) is 3.20. The third-order valence-electron chi connectivity index (χ3n) is 6.13. The highest BCUT2D eigenvalue weighted by Gasteiger charge is 2.35. The van der Waals surface area contributed by atoms with Crippen LogP contribution < -0.4 is 10.5 Å². The Morgan fingerprint density at radius 2 is 1.89 bits per heavy atom. The van der Waals surface area contributed by atoms with Crippen LogP contribution in [0, 0.1) is 0 Å². The number of amides is 1. The van der Waals surface area contributed by atoms with Gasteiger partial charge in [0.1, 0.15) is 17.1 Å². The van der Waals surface area contributed by atoms with Crippen LogP contribution in [-0.4, -0.2) is 51.2 Å². The minimum absolute atomic E-state index is 0.216. The number of anilines is 1. The Hall–Kier alpha value is -3.86. The molecule has 4 aromatic rings. The Bertz CT molecular complexity index is 1420. The summed E-state index contributed by atoms with van der Waals surface area (Å²) in [5.41, 5.74) is 8.51. The SMILES string of the molecule is C[C@@H]1COC[C@H](c2ccc(OC(F)(F)F)cc2)N1C(=O)c1ccc2nc(N)c3c(cnn3C)c2c1. The van der Waals surface area contributed by atoms with Crippen LogP contribution in [0.15, 0.2) is 48.7 Å². The number of alkyl halides is 3. The first-order valence-corrected chi connectivity index (χ1v) is 10.9. The van der Waals surface area contributed by atoms with Crippen molar-refractivity contribution in [2.24, 2.45) is 7.05 Å². The third kappa shape index (κ3) is 4.23. The third-order valence-corrected chi connectivity index (χ3v) is 6.13. The normalized spacial score (nSPS) is 18.8. The van der Waals surface area contributed by atoms with Gasteiger partial charge in [-0.05, 0) is 42.8 Å². The quantitative estimate of drug-likeness (QED) is 0.467. The molecule has 1 aliphatic heterocycles. The molecule has 0 bridgehead atoms. The number of aryl methyl sites for hydroxylation is 1. The molecular weight excluding hydrogens is 463 g/mol. The van der Waals surface area contributed by atoms with Crippen molar-refractivity contribution in [3.05, 3.63) is 59.8 Å². The zero-order valence-corrected chi connectivity index (χ0v) is 18.9. The van der Waals surface area contributed by atoms with Gasteiger partial charge in [0, 0.05) is 23.4 Å². The number of morpholine rings is 1. The van der Waals surface area contributed by atoms with E-state index in [1.165, 1.54) is 24.3 Å². The van der Waals surface area contributed by atoms with Crippen LogP contribution >= 0.6 is 0 Å². The van der Waals surface area contributed by atoms with Crippen LogP contribution in [0.4, 0.5) is 19.0 Å². The molecule has 1 fully saturated rings. The fraction of sp³-hybridized carbons (Fsp3) is 0.292. The zero-order valence-electron chi connectivity index (χ0n) is 18.9. The van der Waals surface area contributed by atoms with Crippen LogP contribution in [0.2, 0.25) is 0 Å². The number of ether oxygens (including phenoxy) is 2. The molecule has 1 saturated heterocycles. The van der Waals surface area contributed by atoms with Crippen LogP contribution in [0.5, 0.6) is 5.75 Å². The van der Waals surface area contributed by atoms with Crippen LogP contribution in [0.1, 0.15) is 28.9 Å². The number of nitrogen functional groups attached to an aromatic ring is 1. The first-order valence-electron chi connectivity index (χ1n) is 10.9. The number of rotatable bonds is 3. The van der Waals surface area contributed by atoms with Crippen molar-refractivity contribution >= 4 is 33.5 Å². The Kier molecular flexibility index (Phi) is 5.51. The van der Waals surface area contributed by atoms with Gasteiger partial charge in [-0.3, -0.25) is 9.48 Å². The predicted octanol–water partition coefficient (Wildman–Crippen LogP) is 4.20. The Balaban J connectivity index is 1.51. The molecule has 2 N–H and O–H groups in total. The number of nitrogens with zero attached hydrogens (tertiary/aromatic N) is 4. The van der Waals surface area contributed by atoms with Crippen molar-refractivity contribution in [2.75, 3.05) is 18.9 Å². The molecule has 3 heterocycles. The molecule has 1 aliphatic rings. The van der Waals surface area contributed by atoms with Crippen molar-refractivity contribution in [2.45, 2.75) is 25.4 Å². The van der Waals surface area contributed by atoms with E-state index in [0.717, 1.165) is 10.8 Å². The molecule has 182 valence electrons. The minimum atomic E-state index is -4.78. The minimum Gasteiger partial charge on any atom is -0.406 e. The molecule has 0 saturated carbocycles. The first kappa shape index (κ1) is 22.9. The standard InChI is InChI=1S/C24H22F3N5O3/c1-13-11-34-12-20(14-3-6-16(7-4-14)35-24(25,26)27)32(13)23(33)15-5-8-19-17(9-15)18-10-29-31(2)21(18)22(28)30-19/h3-10,13,20H,11-12H2,1-2H3,(H2,28,30)/t13-,20-/m1/s1. The number of hydrogen-bond donors (Lipinski definition) is 1. The highest BCUT2D eigenvalue weighted by molar-refractivity contribution is 6.10. The number of nitrogens with two attached hydrogens (primary N) is 1. The second-order valence-corrected chi connectivity index (χ2v) is 8.49. The van der Waals surface area contributed by atoms with Crippen molar-refractivity contribution in [3.8, 4) is 5.75 Å². The molecule has 35 heavy (non-hydrogen) atoms. The van der Waals surface area contributed by atoms with E-state index in [4.69, 9.17) is 10.5 Å². The molecule has 1 amide bonds. The van der Waals surface area contributed by atoms with E-state index >= 15 is 0 Å². The summed E-state index contributed by atoms with van der Waals surface area (Å²) in [6.07, 6.45) is -3.09. The Morgan fingerprint density at radius 3 is 2.60 bits per heavy atom. The lowest BCUT2D eigenvalue weighted by Crippen LogP contribution is -2.49. The van der Waals surface area contributed by atoms with Gasteiger partial charge >= 0.3 is 6.36 Å². The lowest BCUT2D eigenvalue weighted by atomic mass is 10.00. The molecule has 2 aromatic carbocycles. The van der Waals surface area contributed by atoms with Gasteiger partial charge in [0.05, 0.1) is 37.0 Å². The second-order valence-electron chi connectivity index (χ2n) is 8.49. The summed E-state index contributed by atoms with van der Waals surface area (Å²) in [6, 6.07) is 9.96. The largest absolute Gasteiger partial charge is 0.573 e. The summed E-state index contributed by atoms with van der Waals surface area (Å²) in [5, 5.41) is 5.81. The van der Waals surface area contributed by atoms with E-state index in [1.54, 1.807) is 41.0 Å². The number of benzene rings is 2. The second kappa shape index (κ2) is 8.42. The van der Waals surface area contributed by atoms with Gasteiger partial charge in [-0.1, -0.05) is 12.1 Å². The van der Waals surface area contributed by atoms with E-state index in [2.05, 4.69) is 14.8 Å². The van der Waals surface area contributed by atoms with Crippen LogP contribution in [0.3, 0.4) is 0 Å². The van der Waals surface area contributed by atoms with Gasteiger partial charge in [0.2, 0.25) is 0 Å². The number of halogens is 3. The number of carbonyl (C=O) groups is 1. The number of carbonyl (C=O) groups excluding carboxylic acids is 1. The fourth-order valence-corrected chi connectivity index (χ4v) is 4.56. The van der Waals surface area contributed by atoms with Crippen LogP contribution in [0.25, 0.3) is 21.8 Å². The summed E-state index contributed by atoms with van der Waals surface area (Å²) >= 11 is 0. The molecule has 0 radical (unpaired) electrons. The molecule has 0 spiro atoms. The molecule has 2 aromatic heterocycles. The van der Waals surface area contributed by atoms with Crippen molar-refractivity contribution in [3.63, 3.8) is 0 Å². The van der Waals surface area contributed by atoms with E-state index in [9.17, 15) is 18.0 Å². The van der Waals surface area contributed by atoms with Crippen molar-refractivity contribution in [1.29, 1.82) is 0 Å². The number of pyridine rings is 1. The van der Waals surface area contributed by atoms with Gasteiger partial charge in [0.15, 0.2) is 0 Å². The molecule has 2 atom stereocenters. The van der Waals surface area contributed by atoms with Gasteiger partial charge in [-0.2, -0.15) is 5.10 Å². The maximum atomic E-state index is 13.7. The Morgan fingerprint density at radius 1 is 1.14 bits per heavy atom. The molecule has 11 heteroatoms. The molecule has 5 rings (SSSR count). The molecular formula is C24H22F3N5O3. The maximum absolute atomic E-state index is 13.7. The summed E-state index contributed by atoms with van der Waals surface area (Å²) in [6.45, 7) is 2.43. The summed E-state index contributed by atoms with van der Waals surface area (Å²) in [4.78, 5) is 19.9. The first-order chi connectivity index (χ1) is 16.6. The summed E-state index contributed by atoms with van der Waals surface area (Å²) in [5.74, 6) is -0.200. The number of hydrogen-bond acceptors (Lipinski definition) is 6. The average molecular weight is 485 g/mol. The summed E-state index contributed by atoms with van der Waals surface area (Å²) < 4.78 is 48.8. The van der Waals surface area contributed by atoms with E-state index < -0.39 is 12.4 Å². The lowest BCUT2D eigenvalue weighted by molar-refractivity contribution is -0.274. The number of fused-ring (bicyclic) bond motifs is 3. The molecule has 8 nitrogen and oxygen atoms in total. The maximum Gasteiger partial charge on any atom is 0.573 e. The Labute approximate surface area is 198 Å². The van der Waals surface area contributed by atoms with E-state index in [1.807, 2.05) is 6.92 Å². The fourth-order valence-electron chi connectivity index (χ4n) is 4.56. The van der Waals surface area contributed by atoms with Crippen LogP contribution in [-0.2, 0) is 11.8 Å². The topological polar surface area (TPSA) is 95.5 Å². The van der Waals surface area contributed by atoms with Crippen molar-refractivity contribution in [1.82, 2.24) is 19.7 Å². The monoisotopic (exact) mass is 485 g/mol. The number of aromatic nitrogens is 3. The molecule has 0 unspecified atom stereocenters. The van der Waals surface area contributed by atoms with Crippen molar-refractivity contribution < 1.29 is 27.4 Å². The predicted molar refractivity (Wildman–Crippen MR) is 123 cm³/mol. The van der Waals surface area contributed by atoms with E-state index in [0.29, 0.717) is 34.6 Å². The highest BCUT2D eigenvalue weighted by atomic mass is 19.4. The van der Waals surface area contributed by atoms with Gasteiger partial charge < -0.3 is 20.1 Å². The van der Waals surface area contributed by atoms with Gasteiger partial charge in [0.25, 0.3) is 5.91 Å². The summed E-state index contributed by atoms with van der Waals surface area (Å²) in [7, 11) is 1.77. The van der Waals surface area contributed by atoms with E-state index in [-0.39, 0.29) is 24.3 Å². The smallest absolute Gasteiger partial charge is 0.406 e. The highest BCUT2D eigenvalue weighted by Crippen LogP contribution is 2.33.